The van der Waals surface area contributed by atoms with Crippen LogP contribution in [0.1, 0.15) is 26.5 Å². The third kappa shape index (κ3) is 2.13. The average Bonchev–Trinajstić information content (AvgIpc) is 2.34. The van der Waals surface area contributed by atoms with Crippen molar-refractivity contribution in [2.75, 3.05) is 5.33 Å². The molecule has 0 spiro atoms. The Bertz CT molecular complexity index is 245. The molecule has 0 saturated carbocycles. The molecule has 2 heteroatoms. The summed E-state index contributed by atoms with van der Waals surface area (Å²) in [5.74, 6) is 0. The van der Waals surface area contributed by atoms with Crippen molar-refractivity contribution >= 4 is 15.9 Å². The highest BCUT2D eigenvalue weighted by molar-refractivity contribution is 9.09. The zero-order valence-corrected chi connectivity index (χ0v) is 9.56. The molecule has 0 fully saturated rings. The first-order chi connectivity index (χ1) is 5.55. The quantitative estimate of drug-likeness (QED) is 0.687. The van der Waals surface area contributed by atoms with Crippen molar-refractivity contribution in [2.24, 2.45) is 0 Å². The third-order valence-corrected chi connectivity index (χ3v) is 2.28. The molecule has 0 aliphatic carbocycles. The van der Waals surface area contributed by atoms with Gasteiger partial charge in [-0.2, -0.15) is 0 Å². The summed E-state index contributed by atoms with van der Waals surface area (Å²) in [4.78, 5) is 0. The molecule has 68 valence electrons. The number of hydrogen-bond donors (Lipinski definition) is 0. The van der Waals surface area contributed by atoms with Crippen LogP contribution in [0, 0.1) is 0 Å². The second-order valence-corrected chi connectivity index (χ2v) is 4.82. The van der Waals surface area contributed by atoms with Crippen molar-refractivity contribution < 1.29 is 0 Å². The molecule has 0 radical (unpaired) electrons. The van der Waals surface area contributed by atoms with E-state index in [0.29, 0.717) is 0 Å². The molecule has 1 heterocycles. The predicted molar refractivity (Wildman–Crippen MR) is 56.9 cm³/mol. The number of alkyl halides is 1. The number of aryl methyl sites for hydroxylation is 1. The fraction of sp³-hybridized carbons (Fsp3) is 0.600. The highest BCUT2D eigenvalue weighted by Gasteiger charge is 2.16. The van der Waals surface area contributed by atoms with Crippen LogP contribution in [0.3, 0.4) is 0 Å². The van der Waals surface area contributed by atoms with E-state index in [1.165, 1.54) is 5.69 Å². The summed E-state index contributed by atoms with van der Waals surface area (Å²) < 4.78 is 2.30. The van der Waals surface area contributed by atoms with Crippen LogP contribution in [0.2, 0.25) is 0 Å². The molecule has 1 aromatic rings. The zero-order chi connectivity index (χ0) is 9.19. The van der Waals surface area contributed by atoms with Crippen molar-refractivity contribution in [1.29, 1.82) is 0 Å². The monoisotopic (exact) mass is 229 g/mol. The van der Waals surface area contributed by atoms with E-state index < -0.39 is 0 Å². The minimum Gasteiger partial charge on any atom is -0.350 e. The molecule has 0 saturated heterocycles. The van der Waals surface area contributed by atoms with E-state index in [0.717, 1.165) is 11.9 Å². The Morgan fingerprint density at radius 1 is 1.42 bits per heavy atom. The van der Waals surface area contributed by atoms with Crippen molar-refractivity contribution in [3.63, 3.8) is 0 Å². The van der Waals surface area contributed by atoms with Crippen LogP contribution in [-0.4, -0.2) is 9.90 Å². The second kappa shape index (κ2) is 3.65. The van der Waals surface area contributed by atoms with E-state index in [2.05, 4.69) is 59.6 Å². The Labute approximate surface area is 82.9 Å². The van der Waals surface area contributed by atoms with E-state index in [-0.39, 0.29) is 5.41 Å². The van der Waals surface area contributed by atoms with Gasteiger partial charge in [-0.15, -0.1) is 0 Å². The van der Waals surface area contributed by atoms with Crippen LogP contribution in [0.4, 0.5) is 0 Å². The fourth-order valence-electron chi connectivity index (χ4n) is 1.38. The van der Waals surface area contributed by atoms with Gasteiger partial charge in [0, 0.05) is 29.2 Å². The Balaban J connectivity index is 2.91. The SMILES string of the molecule is CC(C)(C)c1cccn1CCBr. The average molecular weight is 230 g/mol. The molecule has 0 aromatic carbocycles. The first-order valence-corrected chi connectivity index (χ1v) is 5.39. The maximum Gasteiger partial charge on any atom is 0.0319 e. The molecule has 1 aromatic heterocycles. The Kier molecular flexibility index (Phi) is 2.99. The van der Waals surface area contributed by atoms with Crippen molar-refractivity contribution in [3.05, 3.63) is 24.0 Å². The molecule has 0 bridgehead atoms. The van der Waals surface area contributed by atoms with E-state index in [1.54, 1.807) is 0 Å². The van der Waals surface area contributed by atoms with Gasteiger partial charge < -0.3 is 4.57 Å². The molecule has 0 atom stereocenters. The van der Waals surface area contributed by atoms with Crippen molar-refractivity contribution in [3.8, 4) is 0 Å². The number of halogens is 1. The summed E-state index contributed by atoms with van der Waals surface area (Å²) >= 11 is 3.45. The maximum atomic E-state index is 3.45. The molecular formula is C10H16BrN. The van der Waals surface area contributed by atoms with Gasteiger partial charge in [-0.1, -0.05) is 36.7 Å². The topological polar surface area (TPSA) is 4.93 Å². The molecule has 0 unspecified atom stereocenters. The van der Waals surface area contributed by atoms with Crippen LogP contribution >= 0.6 is 15.9 Å². The van der Waals surface area contributed by atoms with Gasteiger partial charge in [-0.25, -0.2) is 0 Å². The van der Waals surface area contributed by atoms with Gasteiger partial charge in [-0.05, 0) is 12.1 Å². The Morgan fingerprint density at radius 2 is 2.08 bits per heavy atom. The van der Waals surface area contributed by atoms with Crippen LogP contribution in [0.25, 0.3) is 0 Å². The Morgan fingerprint density at radius 3 is 2.58 bits per heavy atom. The molecular weight excluding hydrogens is 214 g/mol. The van der Waals surface area contributed by atoms with Crippen molar-refractivity contribution in [1.82, 2.24) is 4.57 Å². The summed E-state index contributed by atoms with van der Waals surface area (Å²) in [6.07, 6.45) is 2.14. The van der Waals surface area contributed by atoms with Crippen LogP contribution < -0.4 is 0 Å². The standard InChI is InChI=1S/C10H16BrN/c1-10(2,3)9-5-4-7-12(9)8-6-11/h4-5,7H,6,8H2,1-3H3. The summed E-state index contributed by atoms with van der Waals surface area (Å²) in [6.45, 7) is 7.78. The van der Waals surface area contributed by atoms with E-state index in [1.807, 2.05) is 0 Å². The summed E-state index contributed by atoms with van der Waals surface area (Å²) in [7, 11) is 0. The van der Waals surface area contributed by atoms with Gasteiger partial charge in [0.05, 0.1) is 0 Å². The lowest BCUT2D eigenvalue weighted by molar-refractivity contribution is 0.527. The largest absolute Gasteiger partial charge is 0.350 e. The van der Waals surface area contributed by atoms with Gasteiger partial charge in [-0.3, -0.25) is 0 Å². The van der Waals surface area contributed by atoms with Crippen molar-refractivity contribution in [2.45, 2.75) is 32.7 Å². The highest BCUT2D eigenvalue weighted by atomic mass is 79.9. The number of hydrogen-bond acceptors (Lipinski definition) is 0. The minimum atomic E-state index is 0.256. The molecule has 1 nitrogen and oxygen atoms in total. The predicted octanol–water partition coefficient (Wildman–Crippen LogP) is 3.18. The number of rotatable bonds is 2. The molecule has 0 amide bonds. The smallest absolute Gasteiger partial charge is 0.0319 e. The van der Waals surface area contributed by atoms with E-state index >= 15 is 0 Å². The normalized spacial score (nSPS) is 12.0. The van der Waals surface area contributed by atoms with E-state index in [9.17, 15) is 0 Å². The van der Waals surface area contributed by atoms with Gasteiger partial charge >= 0.3 is 0 Å². The van der Waals surface area contributed by atoms with Gasteiger partial charge in [0.15, 0.2) is 0 Å². The maximum absolute atomic E-state index is 3.45. The van der Waals surface area contributed by atoms with Gasteiger partial charge in [0.1, 0.15) is 0 Å². The lowest BCUT2D eigenvalue weighted by Gasteiger charge is -2.21. The minimum absolute atomic E-state index is 0.256. The second-order valence-electron chi connectivity index (χ2n) is 4.03. The molecule has 0 aliphatic rings. The first kappa shape index (κ1) is 9.85. The van der Waals surface area contributed by atoms with Crippen LogP contribution in [0.5, 0.6) is 0 Å². The van der Waals surface area contributed by atoms with Gasteiger partial charge in [0.2, 0.25) is 0 Å². The summed E-state index contributed by atoms with van der Waals surface area (Å²) in [6, 6.07) is 4.31. The molecule has 0 aliphatic heterocycles. The van der Waals surface area contributed by atoms with Crippen LogP contribution in [0.15, 0.2) is 18.3 Å². The lowest BCUT2D eigenvalue weighted by atomic mass is 9.92. The molecule has 0 N–H and O–H groups in total. The lowest BCUT2D eigenvalue weighted by Crippen LogP contribution is -2.17. The summed E-state index contributed by atoms with van der Waals surface area (Å²) in [5.41, 5.74) is 1.66. The Hall–Kier alpha value is -0.240. The number of nitrogens with zero attached hydrogens (tertiary/aromatic N) is 1. The fourth-order valence-corrected chi connectivity index (χ4v) is 1.76. The zero-order valence-electron chi connectivity index (χ0n) is 7.97. The molecule has 1 rings (SSSR count). The first-order valence-electron chi connectivity index (χ1n) is 4.27. The van der Waals surface area contributed by atoms with Gasteiger partial charge in [0.25, 0.3) is 0 Å². The van der Waals surface area contributed by atoms with E-state index in [4.69, 9.17) is 0 Å². The summed E-state index contributed by atoms with van der Waals surface area (Å²) in [5, 5.41) is 1.02. The third-order valence-electron chi connectivity index (χ3n) is 1.92. The number of aromatic nitrogens is 1. The van der Waals surface area contributed by atoms with Crippen LogP contribution in [-0.2, 0) is 12.0 Å². The highest BCUT2D eigenvalue weighted by Crippen LogP contribution is 2.22. The molecule has 12 heavy (non-hydrogen) atoms.